The Kier molecular flexibility index (Phi) is 5.96. The molecule has 28 heavy (non-hydrogen) atoms. The molecule has 3 rings (SSSR count). The van der Waals surface area contributed by atoms with Crippen LogP contribution in [0.5, 0.6) is 0 Å². The predicted molar refractivity (Wildman–Crippen MR) is 104 cm³/mol. The summed E-state index contributed by atoms with van der Waals surface area (Å²) in [7, 11) is 0. The van der Waals surface area contributed by atoms with Crippen LogP contribution in [0, 0.1) is 11.6 Å². The lowest BCUT2D eigenvalue weighted by Crippen LogP contribution is -2.24. The molecule has 0 atom stereocenters. The molecule has 0 saturated carbocycles. The summed E-state index contributed by atoms with van der Waals surface area (Å²) < 4.78 is 27.2. The van der Waals surface area contributed by atoms with Crippen LogP contribution in [0.15, 0.2) is 72.8 Å². The zero-order valence-corrected chi connectivity index (χ0v) is 14.7. The number of halogens is 2. The van der Waals surface area contributed by atoms with E-state index in [2.05, 4.69) is 16.0 Å². The van der Waals surface area contributed by atoms with Gasteiger partial charge in [0.2, 0.25) is 5.91 Å². The number of anilines is 3. The minimum Gasteiger partial charge on any atom is -0.371 e. The summed E-state index contributed by atoms with van der Waals surface area (Å²) >= 11 is 0. The molecule has 3 N–H and O–H groups in total. The highest BCUT2D eigenvalue weighted by Gasteiger charge is 2.14. The molecule has 7 heteroatoms. The summed E-state index contributed by atoms with van der Waals surface area (Å²) in [6.07, 6.45) is 0. The van der Waals surface area contributed by atoms with E-state index in [1.807, 2.05) is 6.07 Å². The van der Waals surface area contributed by atoms with Crippen molar-refractivity contribution < 1.29 is 18.4 Å². The van der Waals surface area contributed by atoms with Gasteiger partial charge >= 0.3 is 0 Å². The predicted octanol–water partition coefficient (Wildman–Crippen LogP) is 4.27. The molecule has 0 bridgehead atoms. The van der Waals surface area contributed by atoms with Gasteiger partial charge in [0, 0.05) is 5.69 Å². The molecule has 0 fully saturated rings. The van der Waals surface area contributed by atoms with Gasteiger partial charge < -0.3 is 16.0 Å². The zero-order valence-electron chi connectivity index (χ0n) is 14.7. The molecule has 0 aromatic heterocycles. The Morgan fingerprint density at radius 2 is 1.39 bits per heavy atom. The SMILES string of the molecule is O=C(CNc1c(F)cccc1F)Nc1ccccc1C(=O)Nc1ccccc1. The summed E-state index contributed by atoms with van der Waals surface area (Å²) in [6.45, 7) is -0.369. The first-order valence-electron chi connectivity index (χ1n) is 8.48. The molecule has 0 unspecified atom stereocenters. The molecular formula is C21H17F2N3O2. The van der Waals surface area contributed by atoms with E-state index in [0.717, 1.165) is 12.1 Å². The van der Waals surface area contributed by atoms with E-state index in [-0.39, 0.29) is 23.5 Å². The van der Waals surface area contributed by atoms with Crippen LogP contribution >= 0.6 is 0 Å². The first kappa shape index (κ1) is 19.0. The lowest BCUT2D eigenvalue weighted by atomic mass is 10.1. The number of para-hydroxylation sites is 3. The number of nitrogens with one attached hydrogen (secondary N) is 3. The Morgan fingerprint density at radius 3 is 2.11 bits per heavy atom. The van der Waals surface area contributed by atoms with E-state index in [0.29, 0.717) is 5.69 Å². The molecular weight excluding hydrogens is 364 g/mol. The standard InChI is InChI=1S/C21H17F2N3O2/c22-16-10-6-11-17(23)20(16)24-13-19(27)26-18-12-5-4-9-15(18)21(28)25-14-7-2-1-3-8-14/h1-12,24H,13H2,(H,25,28)(H,26,27). The Hall–Kier alpha value is -3.74. The highest BCUT2D eigenvalue weighted by molar-refractivity contribution is 6.10. The first-order chi connectivity index (χ1) is 13.5. The number of hydrogen-bond donors (Lipinski definition) is 3. The molecule has 142 valence electrons. The average Bonchev–Trinajstić information content (AvgIpc) is 2.69. The van der Waals surface area contributed by atoms with Crippen molar-refractivity contribution in [1.82, 2.24) is 0 Å². The lowest BCUT2D eigenvalue weighted by molar-refractivity contribution is -0.114. The van der Waals surface area contributed by atoms with Crippen molar-refractivity contribution in [3.05, 3.63) is 90.0 Å². The number of carbonyl (C=O) groups excluding carboxylic acids is 2. The van der Waals surface area contributed by atoms with Crippen LogP contribution in [0.25, 0.3) is 0 Å². The quantitative estimate of drug-likeness (QED) is 0.597. The van der Waals surface area contributed by atoms with Gasteiger partial charge in [-0.15, -0.1) is 0 Å². The second kappa shape index (κ2) is 8.77. The van der Waals surface area contributed by atoms with Gasteiger partial charge in [0.05, 0.1) is 17.8 Å². The average molecular weight is 381 g/mol. The smallest absolute Gasteiger partial charge is 0.257 e. The summed E-state index contributed by atoms with van der Waals surface area (Å²) in [4.78, 5) is 24.7. The maximum Gasteiger partial charge on any atom is 0.257 e. The lowest BCUT2D eigenvalue weighted by Gasteiger charge is -2.13. The van der Waals surface area contributed by atoms with Crippen molar-refractivity contribution in [2.24, 2.45) is 0 Å². The van der Waals surface area contributed by atoms with E-state index in [1.54, 1.807) is 48.5 Å². The second-order valence-corrected chi connectivity index (χ2v) is 5.86. The van der Waals surface area contributed by atoms with Crippen molar-refractivity contribution in [3.8, 4) is 0 Å². The minimum atomic E-state index is -0.796. The first-order valence-corrected chi connectivity index (χ1v) is 8.48. The van der Waals surface area contributed by atoms with Gasteiger partial charge in [-0.25, -0.2) is 8.78 Å². The van der Waals surface area contributed by atoms with Crippen LogP contribution in [0.3, 0.4) is 0 Å². The Balaban J connectivity index is 1.67. The normalized spacial score (nSPS) is 10.2. The highest BCUT2D eigenvalue weighted by atomic mass is 19.1. The third-order valence-corrected chi connectivity index (χ3v) is 3.87. The maximum absolute atomic E-state index is 13.6. The van der Waals surface area contributed by atoms with Crippen LogP contribution < -0.4 is 16.0 Å². The van der Waals surface area contributed by atoms with Crippen LogP contribution in [-0.4, -0.2) is 18.4 Å². The molecule has 0 aliphatic carbocycles. The van der Waals surface area contributed by atoms with E-state index in [1.165, 1.54) is 6.07 Å². The summed E-state index contributed by atoms with van der Waals surface area (Å²) in [5.74, 6) is -2.54. The van der Waals surface area contributed by atoms with Gasteiger partial charge in [0.25, 0.3) is 5.91 Å². The molecule has 0 heterocycles. The third kappa shape index (κ3) is 4.70. The maximum atomic E-state index is 13.6. The van der Waals surface area contributed by atoms with E-state index in [4.69, 9.17) is 0 Å². The minimum absolute atomic E-state index is 0.261. The fourth-order valence-corrected chi connectivity index (χ4v) is 2.54. The van der Waals surface area contributed by atoms with E-state index in [9.17, 15) is 18.4 Å². The molecule has 5 nitrogen and oxygen atoms in total. The van der Waals surface area contributed by atoms with Crippen LogP contribution in [-0.2, 0) is 4.79 Å². The van der Waals surface area contributed by atoms with Gasteiger partial charge in [-0.2, -0.15) is 0 Å². The number of amides is 2. The van der Waals surface area contributed by atoms with Gasteiger partial charge in [-0.05, 0) is 36.4 Å². The Morgan fingerprint density at radius 1 is 0.750 bits per heavy atom. The van der Waals surface area contributed by atoms with Crippen LogP contribution in [0.2, 0.25) is 0 Å². The van der Waals surface area contributed by atoms with Crippen molar-refractivity contribution in [3.63, 3.8) is 0 Å². The van der Waals surface area contributed by atoms with Crippen molar-refractivity contribution in [2.75, 3.05) is 22.5 Å². The second-order valence-electron chi connectivity index (χ2n) is 5.86. The summed E-state index contributed by atoms with van der Waals surface area (Å²) in [5.41, 5.74) is 0.784. The molecule has 0 radical (unpaired) electrons. The Bertz CT molecular complexity index is 974. The van der Waals surface area contributed by atoms with Crippen molar-refractivity contribution >= 4 is 28.9 Å². The van der Waals surface area contributed by atoms with Crippen LogP contribution in [0.4, 0.5) is 25.8 Å². The molecule has 2 amide bonds. The van der Waals surface area contributed by atoms with E-state index >= 15 is 0 Å². The van der Waals surface area contributed by atoms with Crippen molar-refractivity contribution in [1.29, 1.82) is 0 Å². The molecule has 0 aliphatic rings. The largest absolute Gasteiger partial charge is 0.371 e. The van der Waals surface area contributed by atoms with Crippen LogP contribution in [0.1, 0.15) is 10.4 Å². The molecule has 0 spiro atoms. The van der Waals surface area contributed by atoms with E-state index < -0.39 is 23.4 Å². The van der Waals surface area contributed by atoms with Gasteiger partial charge in [0.15, 0.2) is 0 Å². The van der Waals surface area contributed by atoms with Gasteiger partial charge in [-0.1, -0.05) is 36.4 Å². The van der Waals surface area contributed by atoms with Gasteiger partial charge in [0.1, 0.15) is 17.3 Å². The highest BCUT2D eigenvalue weighted by Crippen LogP contribution is 2.19. The molecule has 0 saturated heterocycles. The Labute approximate surface area is 160 Å². The monoisotopic (exact) mass is 381 g/mol. The fraction of sp³-hybridized carbons (Fsp3) is 0.0476. The van der Waals surface area contributed by atoms with Crippen molar-refractivity contribution in [2.45, 2.75) is 0 Å². The third-order valence-electron chi connectivity index (χ3n) is 3.87. The number of carbonyl (C=O) groups is 2. The topological polar surface area (TPSA) is 70.2 Å². The zero-order chi connectivity index (χ0) is 19.9. The molecule has 3 aromatic carbocycles. The fourth-order valence-electron chi connectivity index (χ4n) is 2.54. The summed E-state index contributed by atoms with van der Waals surface area (Å²) in [5, 5.41) is 7.75. The molecule has 3 aromatic rings. The number of hydrogen-bond acceptors (Lipinski definition) is 3. The molecule has 0 aliphatic heterocycles. The number of benzene rings is 3. The van der Waals surface area contributed by atoms with Gasteiger partial charge in [-0.3, -0.25) is 9.59 Å². The summed E-state index contributed by atoms with van der Waals surface area (Å²) in [6, 6.07) is 18.8. The number of rotatable bonds is 6.